The zero-order valence-corrected chi connectivity index (χ0v) is 20.4. The molecule has 0 radical (unpaired) electrons. The first-order valence-electron chi connectivity index (χ1n) is 11.9. The van der Waals surface area contributed by atoms with Crippen molar-refractivity contribution in [2.75, 3.05) is 13.7 Å². The van der Waals surface area contributed by atoms with Gasteiger partial charge in [0, 0.05) is 41.1 Å². The number of rotatable bonds is 7. The van der Waals surface area contributed by atoms with Gasteiger partial charge in [-0.05, 0) is 54.8 Å². The van der Waals surface area contributed by atoms with Gasteiger partial charge in [-0.2, -0.15) is 0 Å². The van der Waals surface area contributed by atoms with Gasteiger partial charge in [0.15, 0.2) is 5.78 Å². The minimum absolute atomic E-state index is 0.244. The van der Waals surface area contributed by atoms with E-state index in [2.05, 4.69) is 9.97 Å². The van der Waals surface area contributed by atoms with Crippen molar-refractivity contribution in [3.05, 3.63) is 101 Å². The van der Waals surface area contributed by atoms with Crippen LogP contribution in [-0.4, -0.2) is 52.0 Å². The number of likely N-dealkylation sites (tertiary alicyclic amines) is 1. The summed E-state index contributed by atoms with van der Waals surface area (Å²) in [4.78, 5) is 60.8. The number of carbonyl (C=O) groups is 4. The lowest BCUT2D eigenvalue weighted by molar-refractivity contribution is -0.140. The molecule has 0 aliphatic carbocycles. The number of aryl methyl sites for hydroxylation is 1. The molecule has 0 bridgehead atoms. The molecule has 3 heterocycles. The van der Waals surface area contributed by atoms with Gasteiger partial charge < -0.3 is 14.6 Å². The summed E-state index contributed by atoms with van der Waals surface area (Å²) in [6.45, 7) is 2.22. The van der Waals surface area contributed by atoms with Crippen LogP contribution in [0, 0.1) is 12.8 Å². The van der Waals surface area contributed by atoms with E-state index in [1.807, 2.05) is 31.2 Å². The number of amides is 1. The topological polar surface area (TPSA) is 109 Å². The van der Waals surface area contributed by atoms with Crippen LogP contribution in [0.2, 0.25) is 0 Å². The van der Waals surface area contributed by atoms with Crippen LogP contribution in [0.5, 0.6) is 0 Å². The number of hydrogen-bond donors (Lipinski definition) is 1. The average Bonchev–Trinajstić information content (AvgIpc) is 3.39. The van der Waals surface area contributed by atoms with E-state index < -0.39 is 35.4 Å². The summed E-state index contributed by atoms with van der Waals surface area (Å²) in [6.07, 6.45) is 3.44. The molecule has 1 aliphatic rings. The lowest BCUT2D eigenvalue weighted by Crippen LogP contribution is -2.32. The number of Topliss-reactive ketones (excluding diaryl/α,β-unsaturated/α-hetero) is 2. The molecule has 1 saturated heterocycles. The van der Waals surface area contributed by atoms with Gasteiger partial charge in [0.2, 0.25) is 5.78 Å². The SMILES string of the molecule is COC(=O)c1ccc(C2C(C(=O)c3cccnc3)C(=O)C(=O)N2CCc2c(C)[nH]c3ccccc23)cc1. The summed E-state index contributed by atoms with van der Waals surface area (Å²) in [5.41, 5.74) is 4.22. The van der Waals surface area contributed by atoms with Crippen LogP contribution < -0.4 is 0 Å². The molecule has 8 nitrogen and oxygen atoms in total. The Morgan fingerprint density at radius 1 is 1.00 bits per heavy atom. The third-order valence-electron chi connectivity index (χ3n) is 6.94. The van der Waals surface area contributed by atoms with Gasteiger partial charge >= 0.3 is 5.97 Å². The highest BCUT2D eigenvalue weighted by atomic mass is 16.5. The van der Waals surface area contributed by atoms with Gasteiger partial charge in [0.1, 0.15) is 5.92 Å². The Bertz CT molecular complexity index is 1510. The van der Waals surface area contributed by atoms with Crippen molar-refractivity contribution >= 4 is 34.3 Å². The summed E-state index contributed by atoms with van der Waals surface area (Å²) in [7, 11) is 1.29. The number of ketones is 2. The summed E-state index contributed by atoms with van der Waals surface area (Å²) >= 11 is 0. The van der Waals surface area contributed by atoms with Crippen LogP contribution in [-0.2, 0) is 20.7 Å². The number of hydrogen-bond acceptors (Lipinski definition) is 6. The minimum Gasteiger partial charge on any atom is -0.465 e. The Morgan fingerprint density at radius 3 is 2.46 bits per heavy atom. The summed E-state index contributed by atoms with van der Waals surface area (Å²) in [5, 5.41) is 1.06. The molecular formula is C29H25N3O5. The molecule has 1 fully saturated rings. The minimum atomic E-state index is -1.22. The van der Waals surface area contributed by atoms with Crippen molar-refractivity contribution in [2.45, 2.75) is 19.4 Å². The van der Waals surface area contributed by atoms with Crippen molar-refractivity contribution in [3.63, 3.8) is 0 Å². The van der Waals surface area contributed by atoms with Crippen molar-refractivity contribution in [3.8, 4) is 0 Å². The van der Waals surface area contributed by atoms with Crippen molar-refractivity contribution in [1.82, 2.24) is 14.9 Å². The molecule has 2 atom stereocenters. The average molecular weight is 496 g/mol. The quantitative estimate of drug-likeness (QED) is 0.181. The van der Waals surface area contributed by atoms with E-state index in [9.17, 15) is 19.2 Å². The van der Waals surface area contributed by atoms with Crippen molar-refractivity contribution < 1.29 is 23.9 Å². The first-order valence-corrected chi connectivity index (χ1v) is 11.9. The van der Waals surface area contributed by atoms with Crippen LogP contribution in [0.4, 0.5) is 0 Å². The zero-order chi connectivity index (χ0) is 26.1. The lowest BCUT2D eigenvalue weighted by atomic mass is 9.86. The number of benzene rings is 2. The van der Waals surface area contributed by atoms with Gasteiger partial charge in [-0.15, -0.1) is 0 Å². The molecule has 186 valence electrons. The predicted octanol–water partition coefficient (Wildman–Crippen LogP) is 3.85. The van der Waals surface area contributed by atoms with E-state index in [0.717, 1.165) is 22.2 Å². The smallest absolute Gasteiger partial charge is 0.337 e. The molecule has 1 amide bonds. The molecule has 1 N–H and O–H groups in total. The van der Waals surface area contributed by atoms with Gasteiger partial charge in [-0.1, -0.05) is 30.3 Å². The van der Waals surface area contributed by atoms with Crippen molar-refractivity contribution in [2.24, 2.45) is 5.92 Å². The summed E-state index contributed by atoms with van der Waals surface area (Å²) in [5.74, 6) is -3.61. The van der Waals surface area contributed by atoms with E-state index in [0.29, 0.717) is 17.5 Å². The Balaban J connectivity index is 1.53. The number of aromatic amines is 1. The highest BCUT2D eigenvalue weighted by Crippen LogP contribution is 2.38. The zero-order valence-electron chi connectivity index (χ0n) is 20.4. The predicted molar refractivity (Wildman–Crippen MR) is 136 cm³/mol. The van der Waals surface area contributed by atoms with Gasteiger partial charge in [-0.3, -0.25) is 19.4 Å². The fraction of sp³-hybridized carbons (Fsp3) is 0.207. The van der Waals surface area contributed by atoms with Gasteiger partial charge in [0.05, 0.1) is 18.7 Å². The normalized spacial score (nSPS) is 17.4. The number of nitrogens with zero attached hydrogens (tertiary/aromatic N) is 2. The Morgan fingerprint density at radius 2 is 1.76 bits per heavy atom. The maximum absolute atomic E-state index is 13.5. The third kappa shape index (κ3) is 4.31. The molecule has 4 aromatic rings. The summed E-state index contributed by atoms with van der Waals surface area (Å²) in [6, 6.07) is 16.8. The fourth-order valence-corrected chi connectivity index (χ4v) is 5.11. The highest BCUT2D eigenvalue weighted by Gasteiger charge is 2.51. The molecule has 2 unspecified atom stereocenters. The Kier molecular flexibility index (Phi) is 6.40. The van der Waals surface area contributed by atoms with Crippen LogP contribution in [0.3, 0.4) is 0 Å². The molecule has 37 heavy (non-hydrogen) atoms. The maximum Gasteiger partial charge on any atom is 0.337 e. The molecule has 1 aliphatic heterocycles. The third-order valence-corrected chi connectivity index (χ3v) is 6.94. The largest absolute Gasteiger partial charge is 0.465 e. The molecule has 0 spiro atoms. The van der Waals surface area contributed by atoms with Crippen LogP contribution >= 0.6 is 0 Å². The molecular weight excluding hydrogens is 470 g/mol. The lowest BCUT2D eigenvalue weighted by Gasteiger charge is -2.27. The number of pyridine rings is 1. The first-order chi connectivity index (χ1) is 17.9. The first kappa shape index (κ1) is 24.1. The number of aromatic nitrogens is 2. The molecule has 5 rings (SSSR count). The number of ether oxygens (including phenoxy) is 1. The summed E-state index contributed by atoms with van der Waals surface area (Å²) < 4.78 is 4.78. The number of para-hydroxylation sites is 1. The second kappa shape index (κ2) is 9.81. The monoisotopic (exact) mass is 495 g/mol. The van der Waals surface area contributed by atoms with E-state index in [-0.39, 0.29) is 12.1 Å². The van der Waals surface area contributed by atoms with E-state index in [1.54, 1.807) is 36.4 Å². The number of methoxy groups -OCH3 is 1. The number of H-pyrrole nitrogens is 1. The van der Waals surface area contributed by atoms with Gasteiger partial charge in [-0.25, -0.2) is 4.79 Å². The van der Waals surface area contributed by atoms with Crippen molar-refractivity contribution in [1.29, 1.82) is 0 Å². The van der Waals surface area contributed by atoms with E-state index in [1.165, 1.54) is 24.4 Å². The Labute approximate surface area is 213 Å². The van der Waals surface area contributed by atoms with Crippen LogP contribution in [0.1, 0.15) is 43.6 Å². The second-order valence-corrected chi connectivity index (χ2v) is 9.03. The second-order valence-electron chi connectivity index (χ2n) is 9.03. The van der Waals surface area contributed by atoms with Crippen LogP contribution in [0.25, 0.3) is 10.9 Å². The number of nitrogens with one attached hydrogen (secondary N) is 1. The molecule has 8 heteroatoms. The molecule has 2 aromatic carbocycles. The van der Waals surface area contributed by atoms with Gasteiger partial charge in [0.25, 0.3) is 5.91 Å². The number of esters is 1. The number of fused-ring (bicyclic) bond motifs is 1. The fourth-order valence-electron chi connectivity index (χ4n) is 5.11. The highest BCUT2D eigenvalue weighted by molar-refractivity contribution is 6.44. The molecule has 0 saturated carbocycles. The van der Waals surface area contributed by atoms with E-state index in [4.69, 9.17) is 4.74 Å². The maximum atomic E-state index is 13.5. The standard InChI is InChI=1S/C29H25N3O5/c1-17-21(22-7-3-4-8-23(22)31-17)13-15-32-25(18-9-11-19(12-10-18)29(36)37-2)24(27(34)28(32)35)26(33)20-6-5-14-30-16-20/h3-12,14,16,24-25,31H,13,15H2,1-2H3. The number of carbonyl (C=O) groups excluding carboxylic acids is 4. The Hall–Kier alpha value is -4.59. The van der Waals surface area contributed by atoms with Crippen LogP contribution in [0.15, 0.2) is 73.1 Å². The molecule has 2 aromatic heterocycles. The van der Waals surface area contributed by atoms with E-state index >= 15 is 0 Å².